The fourth-order valence-corrected chi connectivity index (χ4v) is 5.78. The van der Waals surface area contributed by atoms with Gasteiger partial charge in [0.15, 0.2) is 16.6 Å². The molecule has 0 radical (unpaired) electrons. The van der Waals surface area contributed by atoms with Gasteiger partial charge in [0, 0.05) is 22.2 Å². The molecular weight excluding hydrogens is 604 g/mol. The highest BCUT2D eigenvalue weighted by molar-refractivity contribution is 7.14. The molecule has 1 amide bonds. The third kappa shape index (κ3) is 7.32. The van der Waals surface area contributed by atoms with Gasteiger partial charge in [0.25, 0.3) is 5.91 Å². The first-order valence-electron chi connectivity index (χ1n) is 14.3. The van der Waals surface area contributed by atoms with Crippen LogP contribution in [0.25, 0.3) is 22.0 Å². The summed E-state index contributed by atoms with van der Waals surface area (Å²) >= 11 is 8.16. The van der Waals surface area contributed by atoms with Crippen LogP contribution >= 0.6 is 22.9 Å². The Kier molecular flexibility index (Phi) is 9.34. The normalized spacial score (nSPS) is 11.1. The van der Waals surface area contributed by atoms with Crippen LogP contribution in [0.5, 0.6) is 11.5 Å². The zero-order chi connectivity index (χ0) is 31.0. The van der Waals surface area contributed by atoms with E-state index in [-0.39, 0.29) is 5.91 Å². The fraction of sp³-hybridized carbons (Fsp3) is 0.0833. The molecule has 1 heterocycles. The van der Waals surface area contributed by atoms with Gasteiger partial charge in [0.2, 0.25) is 0 Å². The van der Waals surface area contributed by atoms with Gasteiger partial charge in [0.1, 0.15) is 6.61 Å². The molecule has 0 aliphatic heterocycles. The summed E-state index contributed by atoms with van der Waals surface area (Å²) in [4.78, 5) is 17.4. The molecular formula is C36H29ClN4O3S. The predicted octanol–water partition coefficient (Wildman–Crippen LogP) is 9.10. The summed E-state index contributed by atoms with van der Waals surface area (Å²) < 4.78 is 12.0. The van der Waals surface area contributed by atoms with Gasteiger partial charge >= 0.3 is 0 Å². The quantitative estimate of drug-likeness (QED) is 0.110. The van der Waals surface area contributed by atoms with E-state index >= 15 is 0 Å². The van der Waals surface area contributed by atoms with Crippen molar-refractivity contribution in [2.75, 3.05) is 11.9 Å². The molecule has 224 valence electrons. The molecule has 2 N–H and O–H groups in total. The molecule has 7 nitrogen and oxygen atoms in total. The molecule has 6 aromatic rings. The minimum Gasteiger partial charge on any atom is -0.490 e. The Morgan fingerprint density at radius 3 is 2.53 bits per heavy atom. The van der Waals surface area contributed by atoms with Gasteiger partial charge in [-0.25, -0.2) is 10.4 Å². The first kappa shape index (κ1) is 29.9. The number of nitrogens with zero attached hydrogens (tertiary/aromatic N) is 2. The number of benzene rings is 5. The van der Waals surface area contributed by atoms with Crippen LogP contribution in [0.3, 0.4) is 0 Å². The average molecular weight is 633 g/mol. The lowest BCUT2D eigenvalue weighted by atomic mass is 10.1. The topological polar surface area (TPSA) is 84.8 Å². The summed E-state index contributed by atoms with van der Waals surface area (Å²) in [5.74, 6) is 0.613. The van der Waals surface area contributed by atoms with Gasteiger partial charge in [-0.2, -0.15) is 5.10 Å². The number of thiazole rings is 1. The Morgan fingerprint density at radius 1 is 0.933 bits per heavy atom. The van der Waals surface area contributed by atoms with Crippen molar-refractivity contribution < 1.29 is 14.3 Å². The molecule has 9 heteroatoms. The number of fused-ring (bicyclic) bond motifs is 1. The number of amides is 1. The van der Waals surface area contributed by atoms with Gasteiger partial charge in [-0.15, -0.1) is 11.3 Å². The second-order valence-corrected chi connectivity index (χ2v) is 11.3. The van der Waals surface area contributed by atoms with Gasteiger partial charge < -0.3 is 14.8 Å². The molecule has 0 spiro atoms. The van der Waals surface area contributed by atoms with E-state index in [4.69, 9.17) is 21.1 Å². The summed E-state index contributed by atoms with van der Waals surface area (Å²) in [5.41, 5.74) is 7.46. The van der Waals surface area contributed by atoms with Crippen molar-refractivity contribution in [3.05, 3.63) is 136 Å². The zero-order valence-corrected chi connectivity index (χ0v) is 25.9. The number of hydrogen-bond acceptors (Lipinski definition) is 7. The van der Waals surface area contributed by atoms with E-state index in [2.05, 4.69) is 39.0 Å². The highest BCUT2D eigenvalue weighted by Gasteiger charge is 2.14. The second kappa shape index (κ2) is 14.1. The average Bonchev–Trinajstić information content (AvgIpc) is 3.53. The van der Waals surface area contributed by atoms with Crippen molar-refractivity contribution in [2.24, 2.45) is 5.10 Å². The standard InChI is InChI=1S/C36H29ClN4O3S/c1-2-43-33-20-24(19-31(37)34(33)44-22-28-11-8-10-25-9-6-7-14-30(25)28)21-38-41-35(42)27-17-15-26(16-18-27)32-23-45-36(40-32)39-29-12-4-3-5-13-29/h3-21,23H,2,22H2,1H3,(H,39,40)(H,41,42)/b38-21-. The van der Waals surface area contributed by atoms with Gasteiger partial charge in [0.05, 0.1) is 23.5 Å². The van der Waals surface area contributed by atoms with E-state index in [0.29, 0.717) is 40.9 Å². The maximum absolute atomic E-state index is 12.8. The van der Waals surface area contributed by atoms with Crippen LogP contribution in [0.4, 0.5) is 10.8 Å². The van der Waals surface area contributed by atoms with Gasteiger partial charge in [-0.1, -0.05) is 84.4 Å². The summed E-state index contributed by atoms with van der Waals surface area (Å²) in [6, 6.07) is 34.9. The van der Waals surface area contributed by atoms with Crippen LogP contribution in [0.2, 0.25) is 5.02 Å². The molecule has 45 heavy (non-hydrogen) atoms. The predicted molar refractivity (Wildman–Crippen MR) is 183 cm³/mol. The number of ether oxygens (including phenoxy) is 2. The maximum atomic E-state index is 12.8. The third-order valence-corrected chi connectivity index (χ3v) is 7.97. The monoisotopic (exact) mass is 632 g/mol. The molecule has 6 rings (SSSR count). The van der Waals surface area contributed by atoms with Crippen LogP contribution in [0, 0.1) is 0 Å². The van der Waals surface area contributed by atoms with Crippen molar-refractivity contribution in [1.29, 1.82) is 0 Å². The van der Waals surface area contributed by atoms with E-state index < -0.39 is 0 Å². The van der Waals surface area contributed by atoms with E-state index in [1.54, 1.807) is 24.3 Å². The molecule has 0 fully saturated rings. The molecule has 5 aromatic carbocycles. The molecule has 0 aliphatic rings. The number of nitrogens with one attached hydrogen (secondary N) is 2. The van der Waals surface area contributed by atoms with E-state index in [9.17, 15) is 4.79 Å². The molecule has 1 aromatic heterocycles. The number of rotatable bonds is 11. The second-order valence-electron chi connectivity index (χ2n) is 10.00. The van der Waals surface area contributed by atoms with E-state index in [1.807, 2.05) is 79.0 Å². The summed E-state index contributed by atoms with van der Waals surface area (Å²) in [5, 5.41) is 12.9. The van der Waals surface area contributed by atoms with Crippen molar-refractivity contribution in [1.82, 2.24) is 10.4 Å². The van der Waals surface area contributed by atoms with E-state index in [0.717, 1.165) is 38.4 Å². The lowest BCUT2D eigenvalue weighted by Gasteiger charge is -2.15. The zero-order valence-electron chi connectivity index (χ0n) is 24.4. The lowest BCUT2D eigenvalue weighted by molar-refractivity contribution is 0.0955. The minimum absolute atomic E-state index is 0.331. The minimum atomic E-state index is -0.339. The van der Waals surface area contributed by atoms with Crippen molar-refractivity contribution in [3.8, 4) is 22.8 Å². The molecule has 0 aliphatic carbocycles. The SMILES string of the molecule is CCOc1cc(/C=N\NC(=O)c2ccc(-c3csc(Nc4ccccc4)n3)cc2)cc(Cl)c1OCc1cccc2ccccc12. The number of para-hydroxylation sites is 1. The Bertz CT molecular complexity index is 1950. The van der Waals surface area contributed by atoms with Crippen LogP contribution in [0.15, 0.2) is 120 Å². The van der Waals surface area contributed by atoms with Crippen molar-refractivity contribution >= 4 is 56.7 Å². The van der Waals surface area contributed by atoms with Gasteiger partial charge in [-0.05, 0) is 65.2 Å². The number of hydrogen-bond donors (Lipinski definition) is 2. The Hall–Kier alpha value is -5.18. The van der Waals surface area contributed by atoms with Crippen LogP contribution in [-0.4, -0.2) is 23.7 Å². The Labute approximate surface area is 270 Å². The van der Waals surface area contributed by atoms with Gasteiger partial charge in [-0.3, -0.25) is 4.79 Å². The lowest BCUT2D eigenvalue weighted by Crippen LogP contribution is -2.17. The van der Waals surface area contributed by atoms with Crippen LogP contribution in [-0.2, 0) is 6.61 Å². The smallest absolute Gasteiger partial charge is 0.271 e. The van der Waals surface area contributed by atoms with Crippen LogP contribution < -0.4 is 20.2 Å². The van der Waals surface area contributed by atoms with Crippen molar-refractivity contribution in [3.63, 3.8) is 0 Å². The third-order valence-electron chi connectivity index (χ3n) is 6.94. The summed E-state index contributed by atoms with van der Waals surface area (Å²) in [7, 11) is 0. The number of aromatic nitrogens is 1. The van der Waals surface area contributed by atoms with Crippen molar-refractivity contribution in [2.45, 2.75) is 13.5 Å². The molecule has 0 bridgehead atoms. The molecule has 0 saturated heterocycles. The number of anilines is 2. The molecule has 0 saturated carbocycles. The highest BCUT2D eigenvalue weighted by atomic mass is 35.5. The highest BCUT2D eigenvalue weighted by Crippen LogP contribution is 2.37. The number of halogens is 1. The first-order chi connectivity index (χ1) is 22.1. The first-order valence-corrected chi connectivity index (χ1v) is 15.6. The van der Waals surface area contributed by atoms with E-state index in [1.165, 1.54) is 17.6 Å². The summed E-state index contributed by atoms with van der Waals surface area (Å²) in [6.45, 7) is 2.65. The Balaban J connectivity index is 1.09. The van der Waals surface area contributed by atoms with Crippen LogP contribution in [0.1, 0.15) is 28.4 Å². The number of hydrazone groups is 1. The number of carbonyl (C=O) groups excluding carboxylic acids is 1. The maximum Gasteiger partial charge on any atom is 0.271 e. The molecule has 0 unspecified atom stereocenters. The Morgan fingerprint density at radius 2 is 1.71 bits per heavy atom. The summed E-state index contributed by atoms with van der Waals surface area (Å²) in [6.07, 6.45) is 1.52. The largest absolute Gasteiger partial charge is 0.490 e. The number of carbonyl (C=O) groups is 1. The molecule has 0 atom stereocenters. The fourth-order valence-electron chi connectivity index (χ4n) is 4.76.